The summed E-state index contributed by atoms with van der Waals surface area (Å²) in [5.74, 6) is 0.919. The Balaban J connectivity index is 0.000000392. The standard InChI is InChI=1S/C18H30.C16H26.C12H18.C11H16O/c1-16(2,3)13-10-14(17(4,5)6)12-15(11-13)18(7,8)9;1-11-9-13(15(3,4)5)10-12(2)14(11)16(6,7)8;1-9-7-6-8-10(2)11(9)12(3,4)5;1-11(2,3)9-5-7-10(12-4)8-6-9/h10-12H,1-9H3;9-10H,1-8H3;6-8H,1-5H3;5-8H,1-4H3. The molecule has 0 aliphatic rings. The van der Waals surface area contributed by atoms with Gasteiger partial charge >= 0.3 is 0 Å². The molecule has 0 radical (unpaired) electrons. The van der Waals surface area contributed by atoms with E-state index in [0.717, 1.165) is 5.75 Å². The highest BCUT2D eigenvalue weighted by Gasteiger charge is 2.25. The van der Waals surface area contributed by atoms with Crippen LogP contribution in [-0.2, 0) is 37.9 Å². The van der Waals surface area contributed by atoms with Crippen molar-refractivity contribution in [3.63, 3.8) is 0 Å². The number of hydrogen-bond acceptors (Lipinski definition) is 1. The predicted octanol–water partition coefficient (Wildman–Crippen LogP) is 17.1. The zero-order valence-corrected chi connectivity index (χ0v) is 42.8. The van der Waals surface area contributed by atoms with Gasteiger partial charge in [-0.1, -0.05) is 206 Å². The lowest BCUT2D eigenvalue weighted by atomic mass is 9.76. The van der Waals surface area contributed by atoms with Crippen LogP contribution in [0.1, 0.15) is 207 Å². The number of rotatable bonds is 1. The van der Waals surface area contributed by atoms with Crippen LogP contribution in [0.25, 0.3) is 0 Å². The fraction of sp³-hybridized carbons (Fsp3) is 0.579. The molecule has 0 fully saturated rings. The summed E-state index contributed by atoms with van der Waals surface area (Å²) < 4.78 is 5.08. The molecule has 0 N–H and O–H groups in total. The van der Waals surface area contributed by atoms with E-state index >= 15 is 0 Å². The first-order valence-electron chi connectivity index (χ1n) is 21.8. The maximum absolute atomic E-state index is 5.08. The van der Waals surface area contributed by atoms with Crippen LogP contribution >= 0.6 is 0 Å². The van der Waals surface area contributed by atoms with Gasteiger partial charge in [-0.3, -0.25) is 0 Å². The van der Waals surface area contributed by atoms with E-state index in [1.54, 1.807) is 7.11 Å². The normalized spacial score (nSPS) is 12.7. The minimum atomic E-state index is 0.210. The number of ether oxygens (including phenoxy) is 1. The molecule has 0 atom stereocenters. The molecule has 1 nitrogen and oxygen atoms in total. The fourth-order valence-electron chi connectivity index (χ4n) is 7.59. The largest absolute Gasteiger partial charge is 0.497 e. The maximum Gasteiger partial charge on any atom is 0.118 e. The van der Waals surface area contributed by atoms with Crippen molar-refractivity contribution in [2.24, 2.45) is 0 Å². The van der Waals surface area contributed by atoms with Crippen molar-refractivity contribution in [2.45, 2.75) is 211 Å². The Morgan fingerprint density at radius 1 is 0.293 bits per heavy atom. The third-order valence-electron chi connectivity index (χ3n) is 10.9. The van der Waals surface area contributed by atoms with Crippen molar-refractivity contribution in [3.8, 4) is 5.75 Å². The molecule has 0 heterocycles. The van der Waals surface area contributed by atoms with Crippen molar-refractivity contribution >= 4 is 0 Å². The van der Waals surface area contributed by atoms with E-state index in [1.807, 2.05) is 12.1 Å². The molecule has 0 saturated carbocycles. The van der Waals surface area contributed by atoms with Crippen LogP contribution in [0.15, 0.2) is 72.8 Å². The van der Waals surface area contributed by atoms with Gasteiger partial charge < -0.3 is 4.74 Å². The SMILES string of the molecule is CC(C)(C)c1cc(C(C)(C)C)cc(C(C)(C)C)c1.COc1ccc(C(C)(C)C)cc1.Cc1cc(C(C)(C)C)cc(C)c1C(C)(C)C.Cc1cccc(C)c1C(C)(C)C. The number of aryl methyl sites for hydroxylation is 4. The summed E-state index contributed by atoms with van der Waals surface area (Å²) in [5.41, 5.74) is 17.4. The van der Waals surface area contributed by atoms with Gasteiger partial charge in [-0.2, -0.15) is 0 Å². The molecule has 0 aromatic heterocycles. The highest BCUT2D eigenvalue weighted by molar-refractivity contribution is 5.44. The fourth-order valence-corrected chi connectivity index (χ4v) is 7.59. The molecule has 0 unspecified atom stereocenters. The lowest BCUT2D eigenvalue weighted by Crippen LogP contribution is -2.20. The van der Waals surface area contributed by atoms with E-state index in [0.29, 0.717) is 0 Å². The third kappa shape index (κ3) is 16.4. The molecular weight excluding hydrogens is 701 g/mol. The molecule has 0 amide bonds. The molecule has 0 aliphatic heterocycles. The first kappa shape index (κ1) is 52.7. The van der Waals surface area contributed by atoms with Crippen molar-refractivity contribution < 1.29 is 4.74 Å². The minimum absolute atomic E-state index is 0.210. The summed E-state index contributed by atoms with van der Waals surface area (Å²) in [7, 11) is 1.69. The Morgan fingerprint density at radius 2 is 0.552 bits per heavy atom. The topological polar surface area (TPSA) is 9.23 Å². The highest BCUT2D eigenvalue weighted by atomic mass is 16.5. The first-order valence-corrected chi connectivity index (χ1v) is 21.8. The van der Waals surface area contributed by atoms with Crippen LogP contribution in [0.3, 0.4) is 0 Å². The predicted molar refractivity (Wildman–Crippen MR) is 262 cm³/mol. The van der Waals surface area contributed by atoms with Gasteiger partial charge in [0.2, 0.25) is 0 Å². The smallest absolute Gasteiger partial charge is 0.118 e. The van der Waals surface area contributed by atoms with Gasteiger partial charge in [0.15, 0.2) is 0 Å². The van der Waals surface area contributed by atoms with E-state index < -0.39 is 0 Å². The van der Waals surface area contributed by atoms with E-state index in [4.69, 9.17) is 4.74 Å². The second kappa shape index (κ2) is 19.4. The van der Waals surface area contributed by atoms with E-state index in [-0.39, 0.29) is 37.9 Å². The van der Waals surface area contributed by atoms with Crippen LogP contribution in [0.4, 0.5) is 0 Å². The first-order chi connectivity index (χ1) is 25.8. The summed E-state index contributed by atoms with van der Waals surface area (Å²) in [6, 6.07) is 26.6. The molecule has 0 aliphatic carbocycles. The van der Waals surface area contributed by atoms with Gasteiger partial charge in [-0.15, -0.1) is 0 Å². The number of hydrogen-bond donors (Lipinski definition) is 0. The van der Waals surface area contributed by atoms with Crippen LogP contribution in [0.2, 0.25) is 0 Å². The van der Waals surface area contributed by atoms with E-state index in [9.17, 15) is 0 Å². The Bertz CT molecular complexity index is 1760. The van der Waals surface area contributed by atoms with E-state index in [2.05, 4.69) is 234 Å². The van der Waals surface area contributed by atoms with Crippen molar-refractivity contribution in [1.82, 2.24) is 0 Å². The van der Waals surface area contributed by atoms with Crippen LogP contribution in [0.5, 0.6) is 5.75 Å². The third-order valence-corrected chi connectivity index (χ3v) is 10.9. The molecule has 58 heavy (non-hydrogen) atoms. The second-order valence-corrected chi connectivity index (χ2v) is 24.0. The van der Waals surface area contributed by atoms with Gasteiger partial charge in [0.1, 0.15) is 5.75 Å². The van der Waals surface area contributed by atoms with Gasteiger partial charge in [0.25, 0.3) is 0 Å². The van der Waals surface area contributed by atoms with Gasteiger partial charge in [0, 0.05) is 0 Å². The second-order valence-electron chi connectivity index (χ2n) is 24.0. The Hall–Kier alpha value is -3.32. The lowest BCUT2D eigenvalue weighted by Gasteiger charge is -2.29. The highest BCUT2D eigenvalue weighted by Crippen LogP contribution is 2.35. The summed E-state index contributed by atoms with van der Waals surface area (Å²) in [4.78, 5) is 0. The molecule has 324 valence electrons. The molecule has 4 aromatic carbocycles. The van der Waals surface area contributed by atoms with Crippen molar-refractivity contribution in [1.29, 1.82) is 0 Å². The maximum atomic E-state index is 5.08. The minimum Gasteiger partial charge on any atom is -0.497 e. The molecular formula is C57H90O. The Morgan fingerprint density at radius 3 is 0.776 bits per heavy atom. The van der Waals surface area contributed by atoms with Crippen molar-refractivity contribution in [3.05, 3.63) is 134 Å². The molecule has 4 aromatic rings. The molecule has 4 rings (SSSR count). The van der Waals surface area contributed by atoms with Gasteiger partial charge in [-0.05, 0) is 139 Å². The van der Waals surface area contributed by atoms with Crippen LogP contribution in [-0.4, -0.2) is 7.11 Å². The van der Waals surface area contributed by atoms with Crippen LogP contribution < -0.4 is 4.74 Å². The summed E-state index contributed by atoms with van der Waals surface area (Å²) in [6.45, 7) is 56.6. The number of methoxy groups -OCH3 is 1. The monoisotopic (exact) mass is 791 g/mol. The zero-order valence-electron chi connectivity index (χ0n) is 42.8. The quantitative estimate of drug-likeness (QED) is 0.187. The Kier molecular flexibility index (Phi) is 17.6. The average molecular weight is 791 g/mol. The molecule has 0 spiro atoms. The van der Waals surface area contributed by atoms with Crippen LogP contribution in [0, 0.1) is 27.7 Å². The van der Waals surface area contributed by atoms with Gasteiger partial charge in [0.05, 0.1) is 7.11 Å². The molecule has 0 bridgehead atoms. The van der Waals surface area contributed by atoms with Crippen molar-refractivity contribution in [2.75, 3.05) is 7.11 Å². The summed E-state index contributed by atoms with van der Waals surface area (Å²) >= 11 is 0. The summed E-state index contributed by atoms with van der Waals surface area (Å²) in [5, 5.41) is 0. The molecule has 0 saturated heterocycles. The molecule has 1 heteroatoms. The zero-order chi connectivity index (χ0) is 45.6. The summed E-state index contributed by atoms with van der Waals surface area (Å²) in [6.07, 6.45) is 0. The van der Waals surface area contributed by atoms with E-state index in [1.165, 1.54) is 61.2 Å². The Labute approximate surface area is 361 Å². The number of benzene rings is 4. The lowest BCUT2D eigenvalue weighted by molar-refractivity contribution is 0.414. The van der Waals surface area contributed by atoms with Gasteiger partial charge in [-0.25, -0.2) is 0 Å². The average Bonchev–Trinajstić information content (AvgIpc) is 3.02.